The van der Waals surface area contributed by atoms with Crippen LogP contribution in [0.25, 0.3) is 0 Å². The maximum Gasteiger partial charge on any atom is 0.407 e. The third kappa shape index (κ3) is 3.99. The van der Waals surface area contributed by atoms with E-state index in [0.29, 0.717) is 32.1 Å². The first kappa shape index (κ1) is 17.0. The van der Waals surface area contributed by atoms with E-state index in [-0.39, 0.29) is 18.3 Å². The summed E-state index contributed by atoms with van der Waals surface area (Å²) in [7, 11) is 0. The van der Waals surface area contributed by atoms with Gasteiger partial charge >= 0.3 is 6.09 Å². The molecule has 1 aliphatic heterocycles. The highest BCUT2D eigenvalue weighted by molar-refractivity contribution is 5.85. The van der Waals surface area contributed by atoms with Crippen LogP contribution < -0.4 is 5.73 Å². The molecule has 0 spiro atoms. The zero-order valence-electron chi connectivity index (χ0n) is 11.7. The number of halogens is 1. The lowest BCUT2D eigenvalue weighted by molar-refractivity contribution is -0.135. The van der Waals surface area contributed by atoms with Crippen LogP contribution in [0.15, 0.2) is 0 Å². The Bertz CT molecular complexity index is 340. The highest BCUT2D eigenvalue weighted by atomic mass is 35.5. The normalized spacial score (nSPS) is 22.1. The zero-order chi connectivity index (χ0) is 13.8. The number of nitrogens with zero attached hydrogens (tertiary/aromatic N) is 2. The Hall–Kier alpha value is -1.01. The Morgan fingerprint density at radius 3 is 2.00 bits per heavy atom. The third-order valence-corrected chi connectivity index (χ3v) is 4.30. The summed E-state index contributed by atoms with van der Waals surface area (Å²) in [6, 6.07) is -0.406. The number of carbonyl (C=O) groups excluding carboxylic acids is 1. The molecule has 0 radical (unpaired) electrons. The molecule has 0 aromatic rings. The zero-order valence-corrected chi connectivity index (χ0v) is 12.5. The SMILES string of the molecule is Cl.NC(C(=O)N1CCN(C(=O)O)CC1)C1CCCCC1. The Morgan fingerprint density at radius 1 is 1.00 bits per heavy atom. The molecule has 1 aliphatic carbocycles. The van der Waals surface area contributed by atoms with E-state index >= 15 is 0 Å². The van der Waals surface area contributed by atoms with Crippen molar-refractivity contribution in [2.45, 2.75) is 38.1 Å². The summed E-state index contributed by atoms with van der Waals surface area (Å²) in [4.78, 5) is 26.2. The fourth-order valence-corrected chi connectivity index (χ4v) is 3.02. The van der Waals surface area contributed by atoms with Gasteiger partial charge in [0.2, 0.25) is 5.91 Å². The van der Waals surface area contributed by atoms with Crippen LogP contribution in [-0.4, -0.2) is 59.1 Å². The first-order valence-electron chi connectivity index (χ1n) is 7.12. The predicted molar refractivity (Wildman–Crippen MR) is 78.0 cm³/mol. The number of piperazine rings is 1. The molecule has 2 amide bonds. The average Bonchev–Trinajstić information content (AvgIpc) is 2.46. The van der Waals surface area contributed by atoms with E-state index in [1.807, 2.05) is 0 Å². The second-order valence-electron chi connectivity index (χ2n) is 5.52. The molecule has 1 atom stereocenters. The lowest BCUT2D eigenvalue weighted by atomic mass is 9.83. The summed E-state index contributed by atoms with van der Waals surface area (Å²) in [6.07, 6.45) is 4.75. The molecule has 1 saturated carbocycles. The summed E-state index contributed by atoms with van der Waals surface area (Å²) in [6.45, 7) is 1.70. The van der Waals surface area contributed by atoms with Crippen LogP contribution in [-0.2, 0) is 4.79 Å². The Morgan fingerprint density at radius 2 is 1.50 bits per heavy atom. The van der Waals surface area contributed by atoms with Gasteiger partial charge in [-0.3, -0.25) is 4.79 Å². The summed E-state index contributed by atoms with van der Waals surface area (Å²) in [5, 5.41) is 8.87. The minimum Gasteiger partial charge on any atom is -0.465 e. The standard InChI is InChI=1S/C13H23N3O3.ClH/c14-11(10-4-2-1-3-5-10)12(17)15-6-8-16(9-7-15)13(18)19;/h10-11H,1-9,14H2,(H,18,19);1H. The van der Waals surface area contributed by atoms with E-state index in [4.69, 9.17) is 10.8 Å². The van der Waals surface area contributed by atoms with E-state index < -0.39 is 12.1 Å². The van der Waals surface area contributed by atoms with Gasteiger partial charge in [-0.1, -0.05) is 19.3 Å². The number of rotatable bonds is 2. The van der Waals surface area contributed by atoms with Crippen LogP contribution >= 0.6 is 12.4 Å². The maximum atomic E-state index is 12.3. The maximum absolute atomic E-state index is 12.3. The van der Waals surface area contributed by atoms with Crippen molar-refractivity contribution in [2.24, 2.45) is 11.7 Å². The van der Waals surface area contributed by atoms with Gasteiger partial charge in [-0.15, -0.1) is 12.4 Å². The quantitative estimate of drug-likeness (QED) is 0.801. The molecule has 3 N–H and O–H groups in total. The van der Waals surface area contributed by atoms with Crippen molar-refractivity contribution in [3.63, 3.8) is 0 Å². The molecule has 0 bridgehead atoms. The second kappa shape index (κ2) is 7.69. The molecule has 0 aromatic carbocycles. The van der Waals surface area contributed by atoms with Gasteiger partial charge in [0.1, 0.15) is 0 Å². The van der Waals surface area contributed by atoms with Gasteiger partial charge in [0.05, 0.1) is 6.04 Å². The van der Waals surface area contributed by atoms with Gasteiger partial charge in [0, 0.05) is 26.2 Å². The summed E-state index contributed by atoms with van der Waals surface area (Å²) in [5.74, 6) is 0.302. The third-order valence-electron chi connectivity index (χ3n) is 4.30. The number of nitrogens with two attached hydrogens (primary N) is 1. The van der Waals surface area contributed by atoms with E-state index in [1.54, 1.807) is 4.90 Å². The topological polar surface area (TPSA) is 86.9 Å². The molecule has 7 heteroatoms. The Kier molecular flexibility index (Phi) is 6.55. The fourth-order valence-electron chi connectivity index (χ4n) is 3.02. The van der Waals surface area contributed by atoms with Crippen molar-refractivity contribution in [1.29, 1.82) is 0 Å². The van der Waals surface area contributed by atoms with Crippen LogP contribution in [0.1, 0.15) is 32.1 Å². The van der Waals surface area contributed by atoms with Crippen LogP contribution in [0.2, 0.25) is 0 Å². The Labute approximate surface area is 125 Å². The highest BCUT2D eigenvalue weighted by Crippen LogP contribution is 2.26. The minimum atomic E-state index is -0.913. The highest BCUT2D eigenvalue weighted by Gasteiger charge is 2.31. The first-order valence-corrected chi connectivity index (χ1v) is 7.12. The monoisotopic (exact) mass is 305 g/mol. The van der Waals surface area contributed by atoms with E-state index in [9.17, 15) is 9.59 Å². The average molecular weight is 306 g/mol. The van der Waals surface area contributed by atoms with E-state index in [2.05, 4.69) is 0 Å². The summed E-state index contributed by atoms with van der Waals surface area (Å²) < 4.78 is 0. The van der Waals surface area contributed by atoms with Crippen LogP contribution in [0.4, 0.5) is 4.79 Å². The molecular formula is C13H24ClN3O3. The Balaban J connectivity index is 0.00000200. The number of carbonyl (C=O) groups is 2. The van der Waals surface area contributed by atoms with Crippen molar-refractivity contribution in [1.82, 2.24) is 9.80 Å². The molecule has 1 heterocycles. The molecule has 20 heavy (non-hydrogen) atoms. The summed E-state index contributed by atoms with van der Waals surface area (Å²) in [5.41, 5.74) is 6.10. The van der Waals surface area contributed by atoms with Gasteiger partial charge in [-0.05, 0) is 18.8 Å². The molecule has 0 aromatic heterocycles. The first-order chi connectivity index (χ1) is 9.09. The lowest BCUT2D eigenvalue weighted by Gasteiger charge is -2.36. The van der Waals surface area contributed by atoms with Gasteiger partial charge in [0.15, 0.2) is 0 Å². The fraction of sp³-hybridized carbons (Fsp3) is 0.846. The molecule has 2 rings (SSSR count). The van der Waals surface area contributed by atoms with Gasteiger partial charge < -0.3 is 20.6 Å². The molecule has 1 saturated heterocycles. The van der Waals surface area contributed by atoms with Crippen molar-refractivity contribution < 1.29 is 14.7 Å². The number of amides is 2. The van der Waals surface area contributed by atoms with Crippen molar-refractivity contribution >= 4 is 24.4 Å². The second-order valence-corrected chi connectivity index (χ2v) is 5.52. The van der Waals surface area contributed by atoms with Crippen LogP contribution in [0, 0.1) is 5.92 Å². The number of hydrogen-bond acceptors (Lipinski definition) is 3. The van der Waals surface area contributed by atoms with E-state index in [0.717, 1.165) is 12.8 Å². The lowest BCUT2D eigenvalue weighted by Crippen LogP contribution is -2.55. The molecular weight excluding hydrogens is 282 g/mol. The van der Waals surface area contributed by atoms with Crippen molar-refractivity contribution in [3.05, 3.63) is 0 Å². The van der Waals surface area contributed by atoms with Crippen LogP contribution in [0.5, 0.6) is 0 Å². The number of hydrogen-bond donors (Lipinski definition) is 2. The molecule has 6 nitrogen and oxygen atoms in total. The minimum absolute atomic E-state index is 0. The molecule has 2 fully saturated rings. The van der Waals surface area contributed by atoms with Gasteiger partial charge in [-0.2, -0.15) is 0 Å². The molecule has 2 aliphatic rings. The van der Waals surface area contributed by atoms with Crippen molar-refractivity contribution in [2.75, 3.05) is 26.2 Å². The molecule has 1 unspecified atom stereocenters. The summed E-state index contributed by atoms with van der Waals surface area (Å²) >= 11 is 0. The molecule has 116 valence electrons. The van der Waals surface area contributed by atoms with E-state index in [1.165, 1.54) is 24.2 Å². The number of carboxylic acid groups (broad SMARTS) is 1. The van der Waals surface area contributed by atoms with Crippen LogP contribution in [0.3, 0.4) is 0 Å². The smallest absolute Gasteiger partial charge is 0.407 e. The van der Waals surface area contributed by atoms with Crippen molar-refractivity contribution in [3.8, 4) is 0 Å². The predicted octanol–water partition coefficient (Wildman–Crippen LogP) is 1.14. The van der Waals surface area contributed by atoms with Gasteiger partial charge in [-0.25, -0.2) is 4.79 Å². The largest absolute Gasteiger partial charge is 0.465 e. The van der Waals surface area contributed by atoms with Gasteiger partial charge in [0.25, 0.3) is 0 Å².